The molecule has 25 heavy (non-hydrogen) atoms. The fourth-order valence-electron chi connectivity index (χ4n) is 4.01. The number of carbonyl (C=O) groups is 1. The maximum atomic E-state index is 13.1. The number of carbonyl (C=O) groups excluding carboxylic acids is 1. The van der Waals surface area contributed by atoms with Crippen LogP contribution in [-0.2, 0) is 11.3 Å². The van der Waals surface area contributed by atoms with Crippen LogP contribution in [0.15, 0.2) is 42.7 Å². The molecular weight excluding hydrogens is 314 g/mol. The molecule has 1 aromatic carbocycles. The van der Waals surface area contributed by atoms with Crippen LogP contribution >= 0.6 is 0 Å². The van der Waals surface area contributed by atoms with Gasteiger partial charge >= 0.3 is 0 Å². The predicted octanol–water partition coefficient (Wildman–Crippen LogP) is 3.08. The van der Waals surface area contributed by atoms with Gasteiger partial charge in [0.05, 0.1) is 19.7 Å². The van der Waals surface area contributed by atoms with Crippen molar-refractivity contribution in [3.8, 4) is 5.75 Å². The smallest absolute Gasteiger partial charge is 0.226 e. The Hall–Kier alpha value is -2.30. The number of likely N-dealkylation sites (tertiary alicyclic amines) is 1. The number of methoxy groups -OCH3 is 1. The molecule has 0 bridgehead atoms. The number of amides is 1. The lowest BCUT2D eigenvalue weighted by Crippen LogP contribution is -2.46. The highest BCUT2D eigenvalue weighted by molar-refractivity contribution is 5.83. The third-order valence-corrected chi connectivity index (χ3v) is 5.52. The normalized spacial score (nSPS) is 25.6. The van der Waals surface area contributed by atoms with E-state index >= 15 is 0 Å². The maximum absolute atomic E-state index is 13.1. The Balaban J connectivity index is 1.42. The van der Waals surface area contributed by atoms with Gasteiger partial charge in [0.25, 0.3) is 0 Å². The Morgan fingerprint density at radius 3 is 2.84 bits per heavy atom. The van der Waals surface area contributed by atoms with E-state index in [-0.39, 0.29) is 12.0 Å². The van der Waals surface area contributed by atoms with Crippen LogP contribution in [-0.4, -0.2) is 40.3 Å². The van der Waals surface area contributed by atoms with Gasteiger partial charge in [0.15, 0.2) is 0 Å². The van der Waals surface area contributed by atoms with Crippen LogP contribution in [0.25, 0.3) is 0 Å². The third-order valence-electron chi connectivity index (χ3n) is 5.52. The van der Waals surface area contributed by atoms with Crippen LogP contribution in [0.2, 0.25) is 0 Å². The molecule has 0 unspecified atom stereocenters. The van der Waals surface area contributed by atoms with Crippen LogP contribution in [0, 0.1) is 5.92 Å². The molecule has 2 fully saturated rings. The number of nitrogens with zero attached hydrogens (tertiary/aromatic N) is 3. The molecule has 4 rings (SSSR count). The number of ether oxygens (including phenoxy) is 1. The number of aromatic nitrogens is 2. The summed E-state index contributed by atoms with van der Waals surface area (Å²) in [6, 6.07) is 10.4. The Labute approximate surface area is 148 Å². The largest absolute Gasteiger partial charge is 0.497 e. The number of piperidine rings is 1. The van der Waals surface area contributed by atoms with Crippen LogP contribution in [0.1, 0.15) is 37.2 Å². The molecule has 1 saturated heterocycles. The van der Waals surface area contributed by atoms with Crippen molar-refractivity contribution in [1.29, 1.82) is 0 Å². The number of benzene rings is 1. The molecule has 2 heterocycles. The first-order valence-corrected chi connectivity index (χ1v) is 9.18. The van der Waals surface area contributed by atoms with E-state index in [0.29, 0.717) is 11.8 Å². The topological polar surface area (TPSA) is 47.4 Å². The van der Waals surface area contributed by atoms with E-state index < -0.39 is 0 Å². The zero-order valence-electron chi connectivity index (χ0n) is 14.7. The summed E-state index contributed by atoms with van der Waals surface area (Å²) in [5, 5.41) is 4.31. The van der Waals surface area contributed by atoms with Gasteiger partial charge in [-0.2, -0.15) is 5.10 Å². The van der Waals surface area contributed by atoms with Gasteiger partial charge in [0.1, 0.15) is 5.75 Å². The van der Waals surface area contributed by atoms with Crippen molar-refractivity contribution in [1.82, 2.24) is 14.7 Å². The van der Waals surface area contributed by atoms with E-state index in [1.54, 1.807) is 13.3 Å². The molecule has 0 radical (unpaired) electrons. The zero-order chi connectivity index (χ0) is 17.2. The van der Waals surface area contributed by atoms with Crippen molar-refractivity contribution in [2.24, 2.45) is 5.92 Å². The minimum absolute atomic E-state index is 0.145. The standard InChI is InChI=1S/C20H25N3O2/c1-25-17-8-6-15(7-9-17)18-13-19(18)20(24)23-12-3-2-5-16(23)14-22-11-4-10-21-22/h4,6-11,16,18-19H,2-3,5,12-14H2,1H3/t16-,18+,19+/m1/s1. The number of hydrogen-bond acceptors (Lipinski definition) is 3. The summed E-state index contributed by atoms with van der Waals surface area (Å²) in [7, 11) is 1.68. The van der Waals surface area contributed by atoms with Crippen molar-refractivity contribution in [2.75, 3.05) is 13.7 Å². The third kappa shape index (κ3) is 3.41. The molecule has 0 N–H and O–H groups in total. The first kappa shape index (κ1) is 16.2. The monoisotopic (exact) mass is 339 g/mol. The highest BCUT2D eigenvalue weighted by Crippen LogP contribution is 2.49. The maximum Gasteiger partial charge on any atom is 0.226 e. The van der Waals surface area contributed by atoms with Gasteiger partial charge in [0.2, 0.25) is 5.91 Å². The molecule has 3 atom stereocenters. The van der Waals surface area contributed by atoms with Gasteiger partial charge in [-0.3, -0.25) is 9.48 Å². The minimum Gasteiger partial charge on any atom is -0.497 e. The summed E-state index contributed by atoms with van der Waals surface area (Å²) < 4.78 is 7.17. The van der Waals surface area contributed by atoms with Gasteiger partial charge in [-0.1, -0.05) is 12.1 Å². The fourth-order valence-corrected chi connectivity index (χ4v) is 4.01. The van der Waals surface area contributed by atoms with Crippen molar-refractivity contribution >= 4 is 5.91 Å². The van der Waals surface area contributed by atoms with E-state index in [9.17, 15) is 4.79 Å². The predicted molar refractivity (Wildman–Crippen MR) is 95.4 cm³/mol. The molecular formula is C20H25N3O2. The molecule has 5 nitrogen and oxygen atoms in total. The highest BCUT2D eigenvalue weighted by atomic mass is 16.5. The second-order valence-electron chi connectivity index (χ2n) is 7.13. The Morgan fingerprint density at radius 1 is 1.28 bits per heavy atom. The second kappa shape index (κ2) is 6.90. The summed E-state index contributed by atoms with van der Waals surface area (Å²) in [6.45, 7) is 1.69. The van der Waals surface area contributed by atoms with Crippen molar-refractivity contribution in [2.45, 2.75) is 44.2 Å². The molecule has 1 aromatic heterocycles. The number of hydrogen-bond donors (Lipinski definition) is 0. The quantitative estimate of drug-likeness (QED) is 0.841. The molecule has 0 spiro atoms. The first-order valence-electron chi connectivity index (χ1n) is 9.18. The van der Waals surface area contributed by atoms with Gasteiger partial charge in [0, 0.05) is 24.9 Å². The molecule has 2 aliphatic rings. The van der Waals surface area contributed by atoms with E-state index in [1.165, 1.54) is 12.0 Å². The Morgan fingerprint density at radius 2 is 2.12 bits per heavy atom. The molecule has 1 saturated carbocycles. The van der Waals surface area contributed by atoms with E-state index in [2.05, 4.69) is 22.1 Å². The van der Waals surface area contributed by atoms with Gasteiger partial charge < -0.3 is 9.64 Å². The Bertz CT molecular complexity index is 711. The van der Waals surface area contributed by atoms with Crippen LogP contribution in [0.3, 0.4) is 0 Å². The molecule has 1 aliphatic carbocycles. The lowest BCUT2D eigenvalue weighted by Gasteiger charge is -2.36. The van der Waals surface area contributed by atoms with Gasteiger partial charge in [-0.15, -0.1) is 0 Å². The van der Waals surface area contributed by atoms with Crippen molar-refractivity contribution in [3.05, 3.63) is 48.3 Å². The second-order valence-corrected chi connectivity index (χ2v) is 7.13. The highest BCUT2D eigenvalue weighted by Gasteiger charge is 2.47. The van der Waals surface area contributed by atoms with E-state index in [0.717, 1.165) is 38.1 Å². The SMILES string of the molecule is COc1ccc([C@@H]2C[C@@H]2C(=O)N2CCCC[C@@H]2Cn2cccn2)cc1. The van der Waals surface area contributed by atoms with Gasteiger partial charge in [-0.05, 0) is 55.4 Å². The lowest BCUT2D eigenvalue weighted by molar-refractivity contribution is -0.136. The molecule has 1 amide bonds. The number of rotatable bonds is 5. The average molecular weight is 339 g/mol. The van der Waals surface area contributed by atoms with Crippen LogP contribution in [0.5, 0.6) is 5.75 Å². The molecule has 1 aliphatic heterocycles. The summed E-state index contributed by atoms with van der Waals surface area (Å²) in [5.41, 5.74) is 1.25. The molecule has 2 aromatic rings. The van der Waals surface area contributed by atoms with Crippen molar-refractivity contribution in [3.63, 3.8) is 0 Å². The average Bonchev–Trinajstić information content (AvgIpc) is 3.30. The minimum atomic E-state index is 0.145. The molecule has 5 heteroatoms. The first-order chi connectivity index (χ1) is 12.3. The summed E-state index contributed by atoms with van der Waals surface area (Å²) in [5.74, 6) is 1.71. The van der Waals surface area contributed by atoms with Crippen LogP contribution < -0.4 is 4.74 Å². The summed E-state index contributed by atoms with van der Waals surface area (Å²) in [6.07, 6.45) is 8.13. The summed E-state index contributed by atoms with van der Waals surface area (Å²) in [4.78, 5) is 15.2. The molecule has 132 valence electrons. The van der Waals surface area contributed by atoms with Crippen molar-refractivity contribution < 1.29 is 9.53 Å². The van der Waals surface area contributed by atoms with E-state index in [1.807, 2.05) is 29.1 Å². The van der Waals surface area contributed by atoms with Gasteiger partial charge in [-0.25, -0.2) is 0 Å². The Kier molecular flexibility index (Phi) is 4.47. The lowest BCUT2D eigenvalue weighted by atomic mass is 10.0. The summed E-state index contributed by atoms with van der Waals surface area (Å²) >= 11 is 0. The fraction of sp³-hybridized carbons (Fsp3) is 0.500. The van der Waals surface area contributed by atoms with Crippen LogP contribution in [0.4, 0.5) is 0 Å². The zero-order valence-corrected chi connectivity index (χ0v) is 14.7. The van der Waals surface area contributed by atoms with E-state index in [4.69, 9.17) is 4.74 Å².